The molecule has 0 aliphatic rings. The van der Waals surface area contributed by atoms with E-state index in [1.807, 2.05) is 6.92 Å². The van der Waals surface area contributed by atoms with Crippen molar-refractivity contribution in [1.82, 2.24) is 5.32 Å². The Hall–Kier alpha value is -1.77. The third-order valence-electron chi connectivity index (χ3n) is 3.89. The molecule has 1 amide bonds. The zero-order valence-electron chi connectivity index (χ0n) is 16.3. The Kier molecular flexibility index (Phi) is 10.2. The lowest BCUT2D eigenvalue weighted by Gasteiger charge is -2.11. The minimum absolute atomic E-state index is 0.0430. The summed E-state index contributed by atoms with van der Waals surface area (Å²) < 4.78 is 10.8. The van der Waals surface area contributed by atoms with E-state index < -0.39 is 11.9 Å². The van der Waals surface area contributed by atoms with Crippen molar-refractivity contribution in [3.05, 3.63) is 32.9 Å². The molecule has 0 radical (unpaired) electrons. The Morgan fingerprint density at radius 3 is 2.67 bits per heavy atom. The summed E-state index contributed by atoms with van der Waals surface area (Å²) in [6.07, 6.45) is 4.44. The molecule has 0 heterocycles. The second-order valence-electron chi connectivity index (χ2n) is 6.78. The number of hydrogen-bond acceptors (Lipinski definition) is 5. The molecule has 1 aromatic carbocycles. The second kappa shape index (κ2) is 11.8. The van der Waals surface area contributed by atoms with Crippen LogP contribution in [0, 0.1) is 9.49 Å². The Balaban J connectivity index is 2.42. The van der Waals surface area contributed by atoms with Gasteiger partial charge in [-0.15, -0.1) is 0 Å². The molecule has 150 valence electrons. The zero-order chi connectivity index (χ0) is 20.4. The minimum atomic E-state index is -0.506. The molecule has 0 bridgehead atoms. The van der Waals surface area contributed by atoms with Crippen LogP contribution < -0.4 is 10.1 Å². The van der Waals surface area contributed by atoms with Crippen LogP contribution in [-0.4, -0.2) is 30.7 Å². The molecule has 0 fully saturated rings. The van der Waals surface area contributed by atoms with Crippen LogP contribution in [0.1, 0.15) is 45.6 Å². The number of aromatic hydroxyl groups is 1. The Bertz CT molecular complexity index is 685. The summed E-state index contributed by atoms with van der Waals surface area (Å²) in [6.45, 7) is 6.14. The highest BCUT2D eigenvalue weighted by Crippen LogP contribution is 2.30. The first-order chi connectivity index (χ1) is 12.7. The molecule has 0 saturated carbocycles. The molecule has 1 aromatic rings. The predicted molar refractivity (Wildman–Crippen MR) is 113 cm³/mol. The number of carbonyl (C=O) groups excluding carboxylic acids is 2. The maximum Gasteiger partial charge on any atom is 0.331 e. The second-order valence-corrected chi connectivity index (χ2v) is 7.94. The first-order valence-electron chi connectivity index (χ1n) is 8.89. The number of phenolic OH excluding ortho intramolecular Hbond substituents is 1. The quantitative estimate of drug-likeness (QED) is 0.296. The molecule has 2 N–H and O–H groups in total. The van der Waals surface area contributed by atoms with Crippen LogP contribution in [0.3, 0.4) is 0 Å². The Morgan fingerprint density at radius 1 is 1.33 bits per heavy atom. The van der Waals surface area contributed by atoms with Crippen molar-refractivity contribution < 1.29 is 24.2 Å². The van der Waals surface area contributed by atoms with E-state index >= 15 is 0 Å². The number of halogens is 1. The zero-order valence-corrected chi connectivity index (χ0v) is 18.5. The monoisotopic (exact) mass is 489 g/mol. The first-order valence-corrected chi connectivity index (χ1v) is 9.96. The number of hydrogen-bond donors (Lipinski definition) is 2. The molecule has 0 spiro atoms. The number of esters is 1. The molecule has 1 rings (SSSR count). The summed E-state index contributed by atoms with van der Waals surface area (Å²) in [7, 11) is 1.46. The molecular weight excluding hydrogens is 461 g/mol. The van der Waals surface area contributed by atoms with Gasteiger partial charge in [0.15, 0.2) is 18.1 Å². The number of rotatable bonds is 10. The molecule has 0 unspecified atom stereocenters. The van der Waals surface area contributed by atoms with E-state index in [1.54, 1.807) is 12.1 Å². The SMILES string of the molecule is COc1cc(CNC(=O)COC(=O)/C=C(\C)CCCC(C)C)c(I)cc1O. The van der Waals surface area contributed by atoms with Crippen molar-refractivity contribution in [2.45, 2.75) is 46.6 Å². The van der Waals surface area contributed by atoms with Gasteiger partial charge >= 0.3 is 5.97 Å². The maximum atomic E-state index is 11.9. The summed E-state index contributed by atoms with van der Waals surface area (Å²) in [4.78, 5) is 23.7. The normalized spacial score (nSPS) is 11.4. The summed E-state index contributed by atoms with van der Waals surface area (Å²) in [6, 6.07) is 3.22. The lowest BCUT2D eigenvalue weighted by atomic mass is 10.0. The van der Waals surface area contributed by atoms with Gasteiger partial charge in [-0.3, -0.25) is 4.79 Å². The molecule has 0 atom stereocenters. The van der Waals surface area contributed by atoms with Gasteiger partial charge < -0.3 is 19.9 Å². The molecule has 0 saturated heterocycles. The molecule has 7 heteroatoms. The molecular formula is C20H28INO5. The lowest BCUT2D eigenvalue weighted by Crippen LogP contribution is -2.28. The fourth-order valence-electron chi connectivity index (χ4n) is 2.37. The predicted octanol–water partition coefficient (Wildman–Crippen LogP) is 3.94. The lowest BCUT2D eigenvalue weighted by molar-refractivity contribution is -0.143. The van der Waals surface area contributed by atoms with Crippen LogP contribution in [0.25, 0.3) is 0 Å². The van der Waals surface area contributed by atoms with Gasteiger partial charge in [-0.2, -0.15) is 0 Å². The third-order valence-corrected chi connectivity index (χ3v) is 4.89. The number of allylic oxidation sites excluding steroid dienone is 1. The first kappa shape index (κ1) is 23.3. The van der Waals surface area contributed by atoms with E-state index in [9.17, 15) is 14.7 Å². The Labute approximate surface area is 174 Å². The van der Waals surface area contributed by atoms with E-state index in [-0.39, 0.29) is 18.9 Å². The fraction of sp³-hybridized carbons (Fsp3) is 0.500. The molecule has 0 aliphatic heterocycles. The standard InChI is InChI=1S/C20H28INO5/c1-13(2)6-5-7-14(3)8-20(25)27-12-19(24)22-11-15-9-18(26-4)17(23)10-16(15)21/h8-10,13,23H,5-7,11-12H2,1-4H3,(H,22,24)/b14-8+. The number of phenols is 1. The van der Waals surface area contributed by atoms with Gasteiger partial charge in [-0.1, -0.05) is 25.8 Å². The highest BCUT2D eigenvalue weighted by atomic mass is 127. The van der Waals surface area contributed by atoms with Gasteiger partial charge in [0, 0.05) is 16.2 Å². The van der Waals surface area contributed by atoms with Crippen molar-refractivity contribution in [3.63, 3.8) is 0 Å². The summed E-state index contributed by atoms with van der Waals surface area (Å²) in [5.74, 6) is 0.126. The molecule has 27 heavy (non-hydrogen) atoms. The number of nitrogens with one attached hydrogen (secondary N) is 1. The van der Waals surface area contributed by atoms with Crippen molar-refractivity contribution in [2.24, 2.45) is 5.92 Å². The van der Waals surface area contributed by atoms with Crippen LogP contribution in [0.4, 0.5) is 0 Å². The fourth-order valence-corrected chi connectivity index (χ4v) is 3.01. The molecule has 0 aliphatic carbocycles. The van der Waals surface area contributed by atoms with Crippen molar-refractivity contribution in [1.29, 1.82) is 0 Å². The Morgan fingerprint density at radius 2 is 2.04 bits per heavy atom. The van der Waals surface area contributed by atoms with Crippen molar-refractivity contribution in [2.75, 3.05) is 13.7 Å². The van der Waals surface area contributed by atoms with Crippen molar-refractivity contribution >= 4 is 34.5 Å². The topological polar surface area (TPSA) is 84.9 Å². The van der Waals surface area contributed by atoms with Gasteiger partial charge in [0.05, 0.1) is 7.11 Å². The van der Waals surface area contributed by atoms with E-state index in [0.29, 0.717) is 11.7 Å². The molecule has 0 aromatic heterocycles. The highest BCUT2D eigenvalue weighted by molar-refractivity contribution is 14.1. The maximum absolute atomic E-state index is 11.9. The van der Waals surface area contributed by atoms with Crippen LogP contribution in [0.15, 0.2) is 23.8 Å². The average molecular weight is 489 g/mol. The van der Waals surface area contributed by atoms with Gasteiger partial charge in [-0.05, 0) is 66.0 Å². The van der Waals surface area contributed by atoms with Crippen LogP contribution in [-0.2, 0) is 20.9 Å². The largest absolute Gasteiger partial charge is 0.504 e. The van der Waals surface area contributed by atoms with Gasteiger partial charge in [-0.25, -0.2) is 4.79 Å². The summed E-state index contributed by atoms with van der Waals surface area (Å²) in [5.41, 5.74) is 1.75. The van der Waals surface area contributed by atoms with E-state index in [4.69, 9.17) is 9.47 Å². The number of amides is 1. The van der Waals surface area contributed by atoms with Crippen LogP contribution in [0.2, 0.25) is 0 Å². The van der Waals surface area contributed by atoms with Crippen LogP contribution in [0.5, 0.6) is 11.5 Å². The van der Waals surface area contributed by atoms with Gasteiger partial charge in [0.25, 0.3) is 5.91 Å². The minimum Gasteiger partial charge on any atom is -0.504 e. The smallest absolute Gasteiger partial charge is 0.331 e. The number of methoxy groups -OCH3 is 1. The summed E-state index contributed by atoms with van der Waals surface area (Å²) in [5, 5.41) is 12.4. The third kappa shape index (κ3) is 9.12. The summed E-state index contributed by atoms with van der Waals surface area (Å²) >= 11 is 2.07. The van der Waals surface area contributed by atoms with Crippen LogP contribution >= 0.6 is 22.6 Å². The van der Waals surface area contributed by atoms with E-state index in [2.05, 4.69) is 41.8 Å². The van der Waals surface area contributed by atoms with Crippen molar-refractivity contribution in [3.8, 4) is 11.5 Å². The van der Waals surface area contributed by atoms with Gasteiger partial charge in [0.1, 0.15) is 0 Å². The van der Waals surface area contributed by atoms with Gasteiger partial charge in [0.2, 0.25) is 0 Å². The number of carbonyl (C=O) groups is 2. The number of ether oxygens (including phenoxy) is 2. The average Bonchev–Trinajstić information content (AvgIpc) is 2.58. The highest BCUT2D eigenvalue weighted by Gasteiger charge is 2.10. The molecule has 6 nitrogen and oxygen atoms in total. The van der Waals surface area contributed by atoms with E-state index in [0.717, 1.165) is 34.0 Å². The number of benzene rings is 1. The van der Waals surface area contributed by atoms with E-state index in [1.165, 1.54) is 13.2 Å².